The molecule has 0 atom stereocenters. The monoisotopic (exact) mass is 422 g/mol. The van der Waals surface area contributed by atoms with Gasteiger partial charge in [0, 0.05) is 13.1 Å². The second kappa shape index (κ2) is 10.2. The number of carbonyl (C=O) groups excluding carboxylic acids is 2. The van der Waals surface area contributed by atoms with Crippen molar-refractivity contribution in [2.75, 3.05) is 26.2 Å². The van der Waals surface area contributed by atoms with Crippen molar-refractivity contribution in [3.05, 3.63) is 29.3 Å². The van der Waals surface area contributed by atoms with Gasteiger partial charge < -0.3 is 9.64 Å². The average Bonchev–Trinajstić information content (AvgIpc) is 2.70. The number of hydrogen-bond acceptors (Lipinski definition) is 5. The molecular formula is C21H30N2O5S. The van der Waals surface area contributed by atoms with Crippen LogP contribution in [-0.2, 0) is 37.2 Å². The molecule has 160 valence electrons. The SMILES string of the molecule is O=C(CNS(=O)(=O)c1ccc2c(c1)CCCC2)OCC(=O)N1CCCCCCC1. The topological polar surface area (TPSA) is 92.8 Å². The van der Waals surface area contributed by atoms with Crippen molar-refractivity contribution in [2.45, 2.75) is 62.7 Å². The lowest BCUT2D eigenvalue weighted by atomic mass is 9.92. The van der Waals surface area contributed by atoms with Crippen molar-refractivity contribution in [3.63, 3.8) is 0 Å². The number of hydrogen-bond donors (Lipinski definition) is 1. The molecule has 8 heteroatoms. The summed E-state index contributed by atoms with van der Waals surface area (Å²) in [7, 11) is -3.80. The Kier molecular flexibility index (Phi) is 7.66. The largest absolute Gasteiger partial charge is 0.455 e. The van der Waals surface area contributed by atoms with E-state index in [1.165, 1.54) is 12.0 Å². The fourth-order valence-corrected chi connectivity index (χ4v) is 4.91. The van der Waals surface area contributed by atoms with Crippen LogP contribution in [0.15, 0.2) is 23.1 Å². The number of sulfonamides is 1. The highest BCUT2D eigenvalue weighted by atomic mass is 32.2. The summed E-state index contributed by atoms with van der Waals surface area (Å²) in [5.41, 5.74) is 2.25. The first-order chi connectivity index (χ1) is 14.0. The third-order valence-electron chi connectivity index (χ3n) is 5.60. The molecule has 1 aliphatic carbocycles. The van der Waals surface area contributed by atoms with E-state index in [0.717, 1.165) is 56.9 Å². The highest BCUT2D eigenvalue weighted by molar-refractivity contribution is 7.89. The number of fused-ring (bicyclic) bond motifs is 1. The summed E-state index contributed by atoms with van der Waals surface area (Å²) in [5.74, 6) is -0.982. The molecule has 1 aliphatic heterocycles. The van der Waals surface area contributed by atoms with Crippen molar-refractivity contribution in [3.8, 4) is 0 Å². The molecule has 7 nitrogen and oxygen atoms in total. The van der Waals surface area contributed by atoms with Crippen LogP contribution in [0.3, 0.4) is 0 Å². The van der Waals surface area contributed by atoms with Gasteiger partial charge in [-0.05, 0) is 61.8 Å². The van der Waals surface area contributed by atoms with Crippen molar-refractivity contribution in [2.24, 2.45) is 0 Å². The Morgan fingerprint density at radius 3 is 2.31 bits per heavy atom. The quantitative estimate of drug-likeness (QED) is 0.710. The van der Waals surface area contributed by atoms with Crippen LogP contribution in [0.25, 0.3) is 0 Å². The van der Waals surface area contributed by atoms with Gasteiger partial charge in [-0.15, -0.1) is 0 Å². The molecule has 1 aromatic rings. The Balaban J connectivity index is 1.47. The summed E-state index contributed by atoms with van der Waals surface area (Å²) in [5, 5.41) is 0. The van der Waals surface area contributed by atoms with E-state index in [0.29, 0.717) is 13.1 Å². The highest BCUT2D eigenvalue weighted by Gasteiger charge is 2.20. The molecule has 2 aliphatic rings. The first kappa shape index (κ1) is 21.8. The molecule has 0 radical (unpaired) electrons. The van der Waals surface area contributed by atoms with Gasteiger partial charge in [0.2, 0.25) is 10.0 Å². The standard InChI is InChI=1S/C21H30N2O5S/c24-20(23-12-6-2-1-3-7-13-23)16-28-21(25)15-22-29(26,27)19-11-10-17-8-4-5-9-18(17)14-19/h10-11,14,22H,1-9,12-13,15-16H2. The van der Waals surface area contributed by atoms with E-state index in [4.69, 9.17) is 4.74 Å². The molecular weight excluding hydrogens is 392 g/mol. The highest BCUT2D eigenvalue weighted by Crippen LogP contribution is 2.24. The van der Waals surface area contributed by atoms with Crippen molar-refractivity contribution < 1.29 is 22.7 Å². The maximum atomic E-state index is 12.5. The van der Waals surface area contributed by atoms with Crippen molar-refractivity contribution >= 4 is 21.9 Å². The fourth-order valence-electron chi connectivity index (χ4n) is 3.90. The van der Waals surface area contributed by atoms with Gasteiger partial charge in [-0.2, -0.15) is 4.72 Å². The van der Waals surface area contributed by atoms with Gasteiger partial charge >= 0.3 is 5.97 Å². The number of benzene rings is 1. The van der Waals surface area contributed by atoms with Crippen LogP contribution >= 0.6 is 0 Å². The number of amides is 1. The van der Waals surface area contributed by atoms with Gasteiger partial charge in [0.15, 0.2) is 6.61 Å². The van der Waals surface area contributed by atoms with Crippen LogP contribution in [0.2, 0.25) is 0 Å². The molecule has 0 saturated carbocycles. The molecule has 1 N–H and O–H groups in total. The number of nitrogens with zero attached hydrogens (tertiary/aromatic N) is 1. The van der Waals surface area contributed by atoms with Crippen molar-refractivity contribution in [1.29, 1.82) is 0 Å². The van der Waals surface area contributed by atoms with Gasteiger partial charge in [0.1, 0.15) is 6.54 Å². The molecule has 1 saturated heterocycles. The molecule has 0 bridgehead atoms. The predicted octanol–water partition coefficient (Wildman–Crippen LogP) is 2.18. The summed E-state index contributed by atoms with van der Waals surface area (Å²) < 4.78 is 32.2. The summed E-state index contributed by atoms with van der Waals surface area (Å²) in [6.45, 7) is 0.523. The maximum Gasteiger partial charge on any atom is 0.321 e. The van der Waals surface area contributed by atoms with Crippen LogP contribution in [0, 0.1) is 0 Å². The number of esters is 1. The minimum atomic E-state index is -3.80. The van der Waals surface area contributed by atoms with Crippen LogP contribution in [0.4, 0.5) is 0 Å². The molecule has 3 rings (SSSR count). The summed E-state index contributed by atoms with van der Waals surface area (Å²) >= 11 is 0. The van der Waals surface area contributed by atoms with E-state index >= 15 is 0 Å². The smallest absolute Gasteiger partial charge is 0.321 e. The molecule has 1 amide bonds. The number of ether oxygens (including phenoxy) is 1. The van der Waals surface area contributed by atoms with E-state index in [1.54, 1.807) is 17.0 Å². The lowest BCUT2D eigenvalue weighted by molar-refractivity contribution is -0.151. The zero-order valence-electron chi connectivity index (χ0n) is 16.8. The lowest BCUT2D eigenvalue weighted by Crippen LogP contribution is -2.38. The average molecular weight is 423 g/mol. The Morgan fingerprint density at radius 2 is 1.59 bits per heavy atom. The van der Waals surface area contributed by atoms with E-state index in [1.807, 2.05) is 6.07 Å². The Bertz CT molecular complexity index is 829. The van der Waals surface area contributed by atoms with Gasteiger partial charge in [-0.3, -0.25) is 9.59 Å². The Morgan fingerprint density at radius 1 is 0.931 bits per heavy atom. The summed E-state index contributed by atoms with van der Waals surface area (Å²) in [6.07, 6.45) is 9.35. The first-order valence-electron chi connectivity index (χ1n) is 10.5. The van der Waals surface area contributed by atoms with Crippen LogP contribution < -0.4 is 4.72 Å². The van der Waals surface area contributed by atoms with Gasteiger partial charge in [-0.25, -0.2) is 8.42 Å². The third kappa shape index (κ3) is 6.27. The Hall–Kier alpha value is -1.93. The molecule has 0 aromatic heterocycles. The normalized spacial score (nSPS) is 17.7. The third-order valence-corrected chi connectivity index (χ3v) is 7.00. The molecule has 0 unspecified atom stereocenters. The van der Waals surface area contributed by atoms with E-state index < -0.39 is 22.5 Å². The minimum absolute atomic E-state index is 0.155. The van der Waals surface area contributed by atoms with E-state index in [-0.39, 0.29) is 17.4 Å². The molecule has 1 aromatic carbocycles. The summed E-state index contributed by atoms with van der Waals surface area (Å²) in [6, 6.07) is 5.11. The summed E-state index contributed by atoms with van der Waals surface area (Å²) in [4.78, 5) is 26.1. The zero-order chi connectivity index (χ0) is 20.7. The molecule has 29 heavy (non-hydrogen) atoms. The predicted molar refractivity (Wildman–Crippen MR) is 109 cm³/mol. The molecule has 1 heterocycles. The first-order valence-corrected chi connectivity index (χ1v) is 12.0. The van der Waals surface area contributed by atoms with Gasteiger partial charge in [0.05, 0.1) is 4.90 Å². The number of rotatable bonds is 6. The van der Waals surface area contributed by atoms with Gasteiger partial charge in [0.25, 0.3) is 5.91 Å². The maximum absolute atomic E-state index is 12.5. The minimum Gasteiger partial charge on any atom is -0.455 e. The van der Waals surface area contributed by atoms with Gasteiger partial charge in [-0.1, -0.05) is 25.3 Å². The number of likely N-dealkylation sites (tertiary alicyclic amines) is 1. The van der Waals surface area contributed by atoms with Crippen LogP contribution in [0.5, 0.6) is 0 Å². The van der Waals surface area contributed by atoms with Crippen LogP contribution in [0.1, 0.15) is 56.1 Å². The lowest BCUT2D eigenvalue weighted by Gasteiger charge is -2.24. The van der Waals surface area contributed by atoms with Crippen LogP contribution in [-0.4, -0.2) is 51.4 Å². The zero-order valence-corrected chi connectivity index (χ0v) is 17.6. The van der Waals surface area contributed by atoms with Crippen molar-refractivity contribution in [1.82, 2.24) is 9.62 Å². The number of aryl methyl sites for hydroxylation is 2. The second-order valence-corrected chi connectivity index (χ2v) is 9.54. The van der Waals surface area contributed by atoms with E-state index in [9.17, 15) is 18.0 Å². The van der Waals surface area contributed by atoms with E-state index in [2.05, 4.69) is 4.72 Å². The Labute approximate surface area is 172 Å². The fraction of sp³-hybridized carbons (Fsp3) is 0.619. The number of nitrogens with one attached hydrogen (secondary N) is 1. The number of carbonyl (C=O) groups is 2. The molecule has 1 fully saturated rings. The molecule has 0 spiro atoms. The second-order valence-electron chi connectivity index (χ2n) is 7.77.